The Morgan fingerprint density at radius 3 is 1.57 bits per heavy atom. The van der Waals surface area contributed by atoms with Crippen LogP contribution < -0.4 is 0 Å². The van der Waals surface area contributed by atoms with Gasteiger partial charge in [-0.2, -0.15) is 0 Å². The Hall–Kier alpha value is -5.85. The molecule has 224 valence electrons. The average molecular weight is 624 g/mol. The van der Waals surface area contributed by atoms with Crippen LogP contribution in [0.1, 0.15) is 11.4 Å². The molecule has 3 heterocycles. The summed E-state index contributed by atoms with van der Waals surface area (Å²) in [7, 11) is 0. The van der Waals surface area contributed by atoms with Gasteiger partial charge in [0.1, 0.15) is 5.01 Å². The van der Waals surface area contributed by atoms with Crippen molar-refractivity contribution in [1.29, 1.82) is 0 Å². The maximum absolute atomic E-state index is 5.05. The van der Waals surface area contributed by atoms with Crippen molar-refractivity contribution in [2.24, 2.45) is 0 Å². The fourth-order valence-corrected chi connectivity index (χ4v) is 6.83. The number of benzene rings is 5. The quantitative estimate of drug-likeness (QED) is 0.184. The topological polar surface area (TPSA) is 64.5 Å². The molecular formula is C41H29N5S. The lowest BCUT2D eigenvalue weighted by Crippen LogP contribution is -2.00. The molecule has 0 unspecified atom stereocenters. The van der Waals surface area contributed by atoms with Crippen molar-refractivity contribution in [1.82, 2.24) is 24.9 Å². The SMILES string of the molecule is Cc1ccc(-c2cc(-c3ccc4nc(-c5ccccc5)sc4c3)cc(-c3nc(-c4ccccc4)nc(-c4ccccc4)n3)c2)c(C)n1. The smallest absolute Gasteiger partial charge is 0.164 e. The van der Waals surface area contributed by atoms with E-state index in [1.807, 2.05) is 73.7 Å². The maximum Gasteiger partial charge on any atom is 0.164 e. The van der Waals surface area contributed by atoms with Gasteiger partial charge in [-0.15, -0.1) is 11.3 Å². The van der Waals surface area contributed by atoms with Gasteiger partial charge in [0.25, 0.3) is 0 Å². The van der Waals surface area contributed by atoms with E-state index in [0.717, 1.165) is 71.1 Å². The minimum absolute atomic E-state index is 0.615. The normalized spacial score (nSPS) is 11.2. The van der Waals surface area contributed by atoms with Crippen LogP contribution in [-0.4, -0.2) is 24.9 Å². The molecule has 0 aliphatic heterocycles. The van der Waals surface area contributed by atoms with Crippen molar-refractivity contribution in [3.8, 4) is 67.0 Å². The van der Waals surface area contributed by atoms with Gasteiger partial charge in [-0.25, -0.2) is 19.9 Å². The number of fused-ring (bicyclic) bond motifs is 1. The van der Waals surface area contributed by atoms with Crippen LogP contribution in [0, 0.1) is 13.8 Å². The van der Waals surface area contributed by atoms with E-state index in [9.17, 15) is 0 Å². The molecule has 8 aromatic rings. The molecule has 0 aliphatic rings. The molecule has 0 fully saturated rings. The summed E-state index contributed by atoms with van der Waals surface area (Å²) in [6.07, 6.45) is 0. The van der Waals surface area contributed by atoms with E-state index in [4.69, 9.17) is 24.9 Å². The van der Waals surface area contributed by atoms with E-state index < -0.39 is 0 Å². The van der Waals surface area contributed by atoms with Gasteiger partial charge in [0.05, 0.1) is 10.2 Å². The first-order valence-corrected chi connectivity index (χ1v) is 16.3. The van der Waals surface area contributed by atoms with E-state index >= 15 is 0 Å². The third kappa shape index (κ3) is 5.83. The molecule has 0 bridgehead atoms. The first-order valence-electron chi connectivity index (χ1n) is 15.5. The van der Waals surface area contributed by atoms with Crippen molar-refractivity contribution in [2.45, 2.75) is 13.8 Å². The molecule has 0 radical (unpaired) electrons. The van der Waals surface area contributed by atoms with Crippen LogP contribution in [0.3, 0.4) is 0 Å². The van der Waals surface area contributed by atoms with E-state index in [1.54, 1.807) is 11.3 Å². The average Bonchev–Trinajstić information content (AvgIpc) is 3.56. The second-order valence-electron chi connectivity index (χ2n) is 11.5. The molecule has 0 N–H and O–H groups in total. The number of hydrogen-bond acceptors (Lipinski definition) is 6. The van der Waals surface area contributed by atoms with Crippen LogP contribution in [0.4, 0.5) is 0 Å². The number of aryl methyl sites for hydroxylation is 2. The fourth-order valence-electron chi connectivity index (χ4n) is 5.82. The van der Waals surface area contributed by atoms with Gasteiger partial charge in [-0.05, 0) is 66.9 Å². The molecule has 0 saturated heterocycles. The summed E-state index contributed by atoms with van der Waals surface area (Å²) in [6, 6.07) is 47.8. The molecule has 0 spiro atoms. The molecule has 5 nitrogen and oxygen atoms in total. The third-order valence-electron chi connectivity index (χ3n) is 8.17. The van der Waals surface area contributed by atoms with Gasteiger partial charge in [-0.1, -0.05) is 103 Å². The molecule has 0 aliphatic carbocycles. The number of hydrogen-bond donors (Lipinski definition) is 0. The second kappa shape index (κ2) is 12.2. The van der Waals surface area contributed by atoms with Gasteiger partial charge < -0.3 is 0 Å². The molecule has 0 saturated carbocycles. The predicted molar refractivity (Wildman–Crippen MR) is 193 cm³/mol. The highest BCUT2D eigenvalue weighted by Crippen LogP contribution is 2.37. The van der Waals surface area contributed by atoms with Gasteiger partial charge in [-0.3, -0.25) is 4.98 Å². The zero-order valence-electron chi connectivity index (χ0n) is 25.9. The number of nitrogens with zero attached hydrogens (tertiary/aromatic N) is 5. The number of pyridine rings is 1. The first-order chi connectivity index (χ1) is 23.1. The number of aromatic nitrogens is 5. The summed E-state index contributed by atoms with van der Waals surface area (Å²) in [5.41, 5.74) is 11.2. The first kappa shape index (κ1) is 28.6. The Labute approximate surface area is 277 Å². The van der Waals surface area contributed by atoms with Crippen molar-refractivity contribution in [3.63, 3.8) is 0 Å². The predicted octanol–water partition coefficient (Wildman–Crippen LogP) is 10.5. The van der Waals surface area contributed by atoms with Crippen molar-refractivity contribution in [3.05, 3.63) is 151 Å². The zero-order valence-corrected chi connectivity index (χ0v) is 26.7. The van der Waals surface area contributed by atoms with Crippen LogP contribution in [-0.2, 0) is 0 Å². The summed E-state index contributed by atoms with van der Waals surface area (Å²) in [5, 5.41) is 1.01. The molecule has 0 atom stereocenters. The summed E-state index contributed by atoms with van der Waals surface area (Å²) in [4.78, 5) is 24.7. The lowest BCUT2D eigenvalue weighted by molar-refractivity contribution is 1.07. The van der Waals surface area contributed by atoms with E-state index in [0.29, 0.717) is 17.5 Å². The van der Waals surface area contributed by atoms with Crippen molar-refractivity contribution in [2.75, 3.05) is 0 Å². The van der Waals surface area contributed by atoms with Crippen LogP contribution in [0.2, 0.25) is 0 Å². The van der Waals surface area contributed by atoms with E-state index in [2.05, 4.69) is 79.7 Å². The number of rotatable bonds is 6. The Balaban J connectivity index is 1.32. The fraction of sp³-hybridized carbons (Fsp3) is 0.0488. The van der Waals surface area contributed by atoms with E-state index in [-0.39, 0.29) is 0 Å². The van der Waals surface area contributed by atoms with Crippen LogP contribution in [0.5, 0.6) is 0 Å². The maximum atomic E-state index is 5.05. The number of thiazole rings is 1. The minimum atomic E-state index is 0.615. The third-order valence-corrected chi connectivity index (χ3v) is 9.24. The molecule has 47 heavy (non-hydrogen) atoms. The lowest BCUT2D eigenvalue weighted by atomic mass is 9.95. The Morgan fingerprint density at radius 1 is 0.404 bits per heavy atom. The minimum Gasteiger partial charge on any atom is -0.258 e. The Bertz CT molecular complexity index is 2310. The summed E-state index contributed by atoms with van der Waals surface area (Å²) >= 11 is 1.71. The van der Waals surface area contributed by atoms with Crippen LogP contribution in [0.15, 0.2) is 140 Å². The summed E-state index contributed by atoms with van der Waals surface area (Å²) in [5.74, 6) is 1.88. The highest BCUT2D eigenvalue weighted by molar-refractivity contribution is 7.21. The van der Waals surface area contributed by atoms with Gasteiger partial charge in [0, 0.05) is 39.2 Å². The molecule has 3 aromatic heterocycles. The molecule has 8 rings (SSSR count). The highest BCUT2D eigenvalue weighted by Gasteiger charge is 2.16. The van der Waals surface area contributed by atoms with Crippen LogP contribution in [0.25, 0.3) is 77.2 Å². The molecular weight excluding hydrogens is 595 g/mol. The van der Waals surface area contributed by atoms with Crippen molar-refractivity contribution < 1.29 is 0 Å². The largest absolute Gasteiger partial charge is 0.258 e. The standard InChI is InChI=1S/C41H29N5S/c1-26-18-20-35(27(2)42-26)33-22-32(31-19-21-36-37(25-31)47-41(43-36)30-16-10-5-11-17-30)23-34(24-33)40-45-38(28-12-6-3-7-13-28)44-39(46-40)29-14-8-4-9-15-29/h3-25H,1-2H3. The second-order valence-corrected chi connectivity index (χ2v) is 12.5. The Morgan fingerprint density at radius 2 is 0.957 bits per heavy atom. The van der Waals surface area contributed by atoms with Crippen molar-refractivity contribution >= 4 is 21.6 Å². The van der Waals surface area contributed by atoms with Gasteiger partial charge >= 0.3 is 0 Å². The zero-order chi connectivity index (χ0) is 31.7. The Kier molecular flexibility index (Phi) is 7.40. The molecule has 0 amide bonds. The molecule has 5 aromatic carbocycles. The van der Waals surface area contributed by atoms with Gasteiger partial charge in [0.15, 0.2) is 17.5 Å². The van der Waals surface area contributed by atoms with Gasteiger partial charge in [0.2, 0.25) is 0 Å². The van der Waals surface area contributed by atoms with E-state index in [1.165, 1.54) is 0 Å². The van der Waals surface area contributed by atoms with Crippen LogP contribution >= 0.6 is 11.3 Å². The summed E-state index contributed by atoms with van der Waals surface area (Å²) in [6.45, 7) is 4.08. The monoisotopic (exact) mass is 623 g/mol. The summed E-state index contributed by atoms with van der Waals surface area (Å²) < 4.78 is 1.14. The lowest BCUT2D eigenvalue weighted by Gasteiger charge is -2.13. The highest BCUT2D eigenvalue weighted by atomic mass is 32.1. The molecule has 6 heteroatoms.